The van der Waals surface area contributed by atoms with Crippen LogP contribution in [0.15, 0.2) is 46.9 Å². The van der Waals surface area contributed by atoms with Crippen molar-refractivity contribution in [3.05, 3.63) is 46.9 Å². The summed E-state index contributed by atoms with van der Waals surface area (Å²) in [6, 6.07) is 1.07. The molecule has 33 heavy (non-hydrogen) atoms. The van der Waals surface area contributed by atoms with Crippen molar-refractivity contribution in [3.8, 4) is 11.8 Å². The van der Waals surface area contributed by atoms with Crippen molar-refractivity contribution in [1.29, 1.82) is 0 Å². The molecule has 0 rings (SSSR count). The van der Waals surface area contributed by atoms with Crippen molar-refractivity contribution in [3.63, 3.8) is 0 Å². The molecule has 1 unspecified atom stereocenters. The highest BCUT2D eigenvalue weighted by Crippen LogP contribution is 2.27. The van der Waals surface area contributed by atoms with Crippen molar-refractivity contribution < 1.29 is 9.50 Å². The predicted molar refractivity (Wildman–Crippen MR) is 149 cm³/mol. The largest absolute Gasteiger partial charge is 0.389 e. The van der Waals surface area contributed by atoms with Gasteiger partial charge in [-0.2, -0.15) is 0 Å². The van der Waals surface area contributed by atoms with E-state index < -0.39 is 14.2 Å². The number of hydrogen-bond acceptors (Lipinski definition) is 1. The smallest absolute Gasteiger partial charge is 0.0991 e. The van der Waals surface area contributed by atoms with Gasteiger partial charge in [0, 0.05) is 18.9 Å². The average Bonchev–Trinajstić information content (AvgIpc) is 2.71. The van der Waals surface area contributed by atoms with Crippen LogP contribution in [-0.4, -0.2) is 19.3 Å². The van der Waals surface area contributed by atoms with Crippen molar-refractivity contribution in [2.75, 3.05) is 0 Å². The monoisotopic (exact) mass is 474 g/mol. The highest BCUT2D eigenvalue weighted by Gasteiger charge is 2.15. The second kappa shape index (κ2) is 15.5. The normalized spacial score (nSPS) is 15.0. The van der Waals surface area contributed by atoms with Crippen LogP contribution in [0.3, 0.4) is 0 Å². The van der Waals surface area contributed by atoms with Crippen LogP contribution in [0.2, 0.25) is 25.7 Å². The van der Waals surface area contributed by atoms with E-state index in [2.05, 4.69) is 71.0 Å². The fraction of sp³-hybridized carbons (Fsp3) is 0.667. The lowest BCUT2D eigenvalue weighted by molar-refractivity contribution is 0.201. The maximum Gasteiger partial charge on any atom is 0.0991 e. The number of aliphatic hydroxyl groups is 1. The van der Waals surface area contributed by atoms with E-state index in [0.29, 0.717) is 19.3 Å². The molecule has 0 aliphatic carbocycles. The zero-order valence-corrected chi connectivity index (χ0v) is 24.1. The minimum absolute atomic E-state index is 0.0202. The van der Waals surface area contributed by atoms with Crippen LogP contribution in [0.4, 0.5) is 4.39 Å². The second-order valence-electron chi connectivity index (χ2n) is 11.9. The summed E-state index contributed by atoms with van der Waals surface area (Å²) in [5, 5.41) is 9.82. The topological polar surface area (TPSA) is 20.2 Å². The van der Waals surface area contributed by atoms with E-state index in [1.54, 1.807) is 0 Å². The third-order valence-electron chi connectivity index (χ3n) is 5.91. The predicted octanol–water partition coefficient (Wildman–Crippen LogP) is 9.55. The van der Waals surface area contributed by atoms with E-state index in [-0.39, 0.29) is 11.2 Å². The van der Waals surface area contributed by atoms with Crippen LogP contribution in [0.25, 0.3) is 0 Å². The zero-order chi connectivity index (χ0) is 25.7. The second-order valence-corrected chi connectivity index (χ2v) is 17.3. The average molecular weight is 475 g/mol. The van der Waals surface area contributed by atoms with E-state index in [4.69, 9.17) is 0 Å². The summed E-state index contributed by atoms with van der Waals surface area (Å²) >= 11 is 0. The number of hydrogen-bond donors (Lipinski definition) is 1. The molecule has 0 saturated heterocycles. The first-order valence-corrected chi connectivity index (χ1v) is 16.3. The number of allylic oxidation sites excluding steroid dienone is 6. The molecule has 0 aromatic heterocycles. The molecule has 0 bridgehead atoms. The van der Waals surface area contributed by atoms with E-state index in [1.807, 2.05) is 20.8 Å². The lowest BCUT2D eigenvalue weighted by Crippen LogP contribution is -2.17. The molecule has 0 aromatic rings. The minimum Gasteiger partial charge on any atom is -0.389 e. The van der Waals surface area contributed by atoms with Gasteiger partial charge >= 0.3 is 0 Å². The molecule has 188 valence electrons. The zero-order valence-electron chi connectivity index (χ0n) is 23.1. The molecule has 0 aliphatic rings. The molecule has 0 heterocycles. The Morgan fingerprint density at radius 2 is 1.58 bits per heavy atom. The van der Waals surface area contributed by atoms with Crippen LogP contribution in [0.5, 0.6) is 0 Å². The lowest BCUT2D eigenvalue weighted by atomic mass is 9.85. The van der Waals surface area contributed by atoms with Gasteiger partial charge in [0.2, 0.25) is 0 Å². The van der Waals surface area contributed by atoms with Gasteiger partial charge in [-0.15, -0.1) is 11.8 Å². The van der Waals surface area contributed by atoms with Gasteiger partial charge in [0.1, 0.15) is 0 Å². The molecular weight excluding hydrogens is 423 g/mol. The summed E-state index contributed by atoms with van der Waals surface area (Å²) in [6.45, 7) is 23.4. The van der Waals surface area contributed by atoms with Crippen molar-refractivity contribution >= 4 is 8.07 Å². The number of halogens is 1. The Labute approximate surface area is 206 Å². The summed E-state index contributed by atoms with van der Waals surface area (Å²) in [5.74, 6) is 6.80. The Kier molecular flexibility index (Phi) is 14.9. The molecule has 1 N–H and O–H groups in total. The van der Waals surface area contributed by atoms with Gasteiger partial charge in [0.05, 0.1) is 20.0 Å². The lowest BCUT2D eigenvalue weighted by Gasteiger charge is -2.20. The number of aliphatic hydroxyl groups excluding tert-OH is 1. The van der Waals surface area contributed by atoms with Gasteiger partial charge in [-0.1, -0.05) is 68.9 Å². The molecular formula is C30H51FOSi. The Morgan fingerprint density at radius 1 is 0.970 bits per heavy atom. The summed E-state index contributed by atoms with van der Waals surface area (Å²) in [5.41, 5.74) is 4.37. The summed E-state index contributed by atoms with van der Waals surface area (Å²) < 4.78 is 14.5. The first kappa shape index (κ1) is 31.6. The molecule has 0 aliphatic heterocycles. The van der Waals surface area contributed by atoms with Gasteiger partial charge in [-0.05, 0) is 77.2 Å². The van der Waals surface area contributed by atoms with Gasteiger partial charge in [-0.25, -0.2) is 4.39 Å². The third-order valence-corrected chi connectivity index (χ3v) is 7.15. The minimum atomic E-state index is -1.08. The highest BCUT2D eigenvalue weighted by atomic mass is 28.3. The Morgan fingerprint density at radius 3 is 2.15 bits per heavy atom. The highest BCUT2D eigenvalue weighted by molar-refractivity contribution is 6.76. The summed E-state index contributed by atoms with van der Waals surface area (Å²) in [4.78, 5) is 0. The van der Waals surface area contributed by atoms with E-state index in [1.165, 1.54) is 11.1 Å². The summed E-state index contributed by atoms with van der Waals surface area (Å²) in [6.07, 6.45) is 10.3. The van der Waals surface area contributed by atoms with Crippen molar-refractivity contribution in [2.24, 2.45) is 5.41 Å². The SMILES string of the molecule is C=C(C)C(O)CC/C(C)=C/CC/C(F)=C(\C)CC/C(C)=C\CC(C)(C)CC#CC[Si](C)(C)C. The van der Waals surface area contributed by atoms with E-state index in [0.717, 1.165) is 49.3 Å². The Balaban J connectivity index is 4.49. The Bertz CT molecular complexity index is 765. The Hall–Kier alpha value is -1.37. The molecule has 1 atom stereocenters. The van der Waals surface area contributed by atoms with Gasteiger partial charge in [-0.3, -0.25) is 0 Å². The van der Waals surface area contributed by atoms with Crippen LogP contribution in [0.1, 0.15) is 92.9 Å². The molecule has 0 fully saturated rings. The molecule has 0 amide bonds. The molecule has 0 spiro atoms. The quantitative estimate of drug-likeness (QED) is 0.151. The maximum absolute atomic E-state index is 14.5. The van der Waals surface area contributed by atoms with Crippen LogP contribution in [-0.2, 0) is 0 Å². The first-order chi connectivity index (χ1) is 15.1. The van der Waals surface area contributed by atoms with Gasteiger partial charge in [0.15, 0.2) is 0 Å². The van der Waals surface area contributed by atoms with Crippen molar-refractivity contribution in [2.45, 2.75) is 125 Å². The van der Waals surface area contributed by atoms with Gasteiger partial charge in [0.25, 0.3) is 0 Å². The first-order valence-electron chi connectivity index (χ1n) is 12.6. The molecule has 3 heteroatoms. The third kappa shape index (κ3) is 17.7. The fourth-order valence-electron chi connectivity index (χ4n) is 3.15. The standard InChI is InChI=1S/C30H51FOSi/c1-24(2)29(32)19-17-25(3)14-13-15-28(31)27(5)18-16-26(4)20-22-30(6,7)21-11-12-23-33(8,9)10/h14,20,29,32H,1,13,15-19,21-23H2,2-10H3/b25-14+,26-20-,28-27-. The van der Waals surface area contributed by atoms with E-state index >= 15 is 0 Å². The maximum atomic E-state index is 14.5. The molecule has 0 aromatic carbocycles. The molecule has 1 nitrogen and oxygen atoms in total. The van der Waals surface area contributed by atoms with Crippen LogP contribution in [0, 0.1) is 17.3 Å². The fourth-order valence-corrected chi connectivity index (χ4v) is 3.80. The van der Waals surface area contributed by atoms with Crippen LogP contribution < -0.4 is 0 Å². The van der Waals surface area contributed by atoms with E-state index in [9.17, 15) is 9.50 Å². The summed E-state index contributed by atoms with van der Waals surface area (Å²) in [7, 11) is -1.08. The van der Waals surface area contributed by atoms with Crippen molar-refractivity contribution in [1.82, 2.24) is 0 Å². The van der Waals surface area contributed by atoms with Crippen LogP contribution >= 0.6 is 0 Å². The molecule has 0 saturated carbocycles. The molecule has 0 radical (unpaired) electrons. The number of rotatable bonds is 14. The van der Waals surface area contributed by atoms with Gasteiger partial charge < -0.3 is 5.11 Å².